The van der Waals surface area contributed by atoms with E-state index in [-0.39, 0.29) is 0 Å². The molecule has 0 bridgehead atoms. The van der Waals surface area contributed by atoms with Crippen LogP contribution in [0.25, 0.3) is 17.1 Å². The number of hydroxylamine groups is 1. The highest BCUT2D eigenvalue weighted by Gasteiger charge is 2.07. The van der Waals surface area contributed by atoms with Gasteiger partial charge in [-0.25, -0.2) is 10.5 Å². The molecule has 0 fully saturated rings. The van der Waals surface area contributed by atoms with Crippen LogP contribution in [-0.4, -0.2) is 20.7 Å². The molecule has 0 saturated carbocycles. The van der Waals surface area contributed by atoms with Gasteiger partial charge in [-0.3, -0.25) is 10.0 Å². The molecule has 0 atom stereocenters. The average molecular weight is 336 g/mol. The maximum absolute atomic E-state index is 11.1. The number of nitrogens with one attached hydrogen (secondary N) is 2. The molecule has 3 aromatic rings. The summed E-state index contributed by atoms with van der Waals surface area (Å²) in [6.45, 7) is 1.45. The number of nitrogens with zero attached hydrogens (tertiary/aromatic N) is 2. The lowest BCUT2D eigenvalue weighted by Crippen LogP contribution is -2.15. The molecule has 128 valence electrons. The molecule has 0 spiro atoms. The van der Waals surface area contributed by atoms with Crippen molar-refractivity contribution in [2.24, 2.45) is 7.05 Å². The summed E-state index contributed by atoms with van der Waals surface area (Å²) in [5, 5.41) is 11.9. The Morgan fingerprint density at radius 1 is 1.20 bits per heavy atom. The Morgan fingerprint density at radius 2 is 2.00 bits per heavy atom. The van der Waals surface area contributed by atoms with Crippen LogP contribution in [-0.2, 0) is 24.9 Å². The van der Waals surface area contributed by atoms with Crippen molar-refractivity contribution in [3.05, 3.63) is 71.6 Å². The first-order chi connectivity index (χ1) is 12.2. The zero-order chi connectivity index (χ0) is 17.6. The molecule has 0 aliphatic rings. The number of imidazole rings is 1. The van der Waals surface area contributed by atoms with Crippen LogP contribution in [0, 0.1) is 0 Å². The number of aryl methyl sites for hydroxylation is 1. The van der Waals surface area contributed by atoms with Crippen LogP contribution in [0.3, 0.4) is 0 Å². The molecule has 3 rings (SSSR count). The summed E-state index contributed by atoms with van der Waals surface area (Å²) in [6.07, 6.45) is 2.90. The van der Waals surface area contributed by atoms with Crippen LogP contribution in [0.2, 0.25) is 0 Å². The molecule has 0 saturated heterocycles. The van der Waals surface area contributed by atoms with Gasteiger partial charge in [0.05, 0.1) is 17.6 Å². The summed E-state index contributed by atoms with van der Waals surface area (Å²) in [7, 11) is 1.99. The molecule has 1 amide bonds. The van der Waals surface area contributed by atoms with Crippen molar-refractivity contribution in [3.63, 3.8) is 0 Å². The van der Waals surface area contributed by atoms with Gasteiger partial charge in [-0.2, -0.15) is 0 Å². The van der Waals surface area contributed by atoms with Gasteiger partial charge in [0.25, 0.3) is 5.91 Å². The number of benzene rings is 2. The predicted octanol–water partition coefficient (Wildman–Crippen LogP) is 2.38. The molecule has 0 unspecified atom stereocenters. The largest absolute Gasteiger partial charge is 0.330 e. The van der Waals surface area contributed by atoms with Crippen LogP contribution in [0.5, 0.6) is 0 Å². The Morgan fingerprint density at radius 3 is 2.76 bits per heavy atom. The third-order valence-corrected chi connectivity index (χ3v) is 3.99. The van der Waals surface area contributed by atoms with Crippen LogP contribution < -0.4 is 10.8 Å². The van der Waals surface area contributed by atoms with Crippen molar-refractivity contribution < 1.29 is 10.0 Å². The van der Waals surface area contributed by atoms with E-state index >= 15 is 0 Å². The lowest BCUT2D eigenvalue weighted by Gasteiger charge is -2.05. The second kappa shape index (κ2) is 7.74. The van der Waals surface area contributed by atoms with Gasteiger partial charge < -0.3 is 9.88 Å². The summed E-state index contributed by atoms with van der Waals surface area (Å²) in [6, 6.07) is 16.0. The van der Waals surface area contributed by atoms with Crippen molar-refractivity contribution in [2.75, 3.05) is 0 Å². The highest BCUT2D eigenvalue weighted by Crippen LogP contribution is 2.17. The number of amides is 1. The summed E-state index contributed by atoms with van der Waals surface area (Å²) in [4.78, 5) is 15.7. The van der Waals surface area contributed by atoms with Gasteiger partial charge in [0.1, 0.15) is 5.82 Å². The number of aromatic nitrogens is 2. The summed E-state index contributed by atoms with van der Waals surface area (Å²) >= 11 is 0. The molecule has 0 radical (unpaired) electrons. The second-order valence-electron chi connectivity index (χ2n) is 5.73. The molecular formula is C19H20N4O2. The van der Waals surface area contributed by atoms with Crippen LogP contribution in [0.1, 0.15) is 17.0 Å². The maximum Gasteiger partial charge on any atom is 0.267 e. The highest BCUT2D eigenvalue weighted by atomic mass is 16.5. The van der Waals surface area contributed by atoms with Crippen LogP contribution in [0.15, 0.2) is 54.6 Å². The first-order valence-corrected chi connectivity index (χ1v) is 7.99. The normalized spacial score (nSPS) is 11.3. The molecular weight excluding hydrogens is 316 g/mol. The van der Waals surface area contributed by atoms with E-state index in [2.05, 4.69) is 27.0 Å². The number of rotatable bonds is 6. The van der Waals surface area contributed by atoms with Crippen LogP contribution in [0.4, 0.5) is 0 Å². The molecule has 2 aromatic carbocycles. The minimum atomic E-state index is -0.563. The smallest absolute Gasteiger partial charge is 0.267 e. The Kier molecular flexibility index (Phi) is 5.23. The molecule has 0 aliphatic heterocycles. The van der Waals surface area contributed by atoms with Crippen molar-refractivity contribution in [1.29, 1.82) is 0 Å². The molecule has 3 N–H and O–H groups in total. The third-order valence-electron chi connectivity index (χ3n) is 3.99. The molecule has 6 heteroatoms. The number of hydrogen-bond acceptors (Lipinski definition) is 4. The van der Waals surface area contributed by atoms with E-state index in [0.29, 0.717) is 6.54 Å². The summed E-state index contributed by atoms with van der Waals surface area (Å²) < 4.78 is 2.06. The Balaban J connectivity index is 1.72. The standard InChI is InChI=1S/C19H20N4O2/c1-23-17-9-7-14(8-10-19(24)22-25)11-16(17)21-18(23)13-20-12-15-5-3-2-4-6-15/h2-11,20,25H,12-13H2,1H3,(H,22,24)/b10-8+. The van der Waals surface area contributed by atoms with Crippen molar-refractivity contribution in [2.45, 2.75) is 13.1 Å². The number of carbonyl (C=O) groups is 1. The fourth-order valence-electron chi connectivity index (χ4n) is 2.65. The maximum atomic E-state index is 11.1. The van der Waals surface area contributed by atoms with Crippen molar-refractivity contribution in [3.8, 4) is 0 Å². The monoisotopic (exact) mass is 336 g/mol. The van der Waals surface area contributed by atoms with E-state index in [1.807, 2.05) is 43.4 Å². The Labute approximate surface area is 145 Å². The van der Waals surface area contributed by atoms with Crippen molar-refractivity contribution >= 4 is 23.0 Å². The first-order valence-electron chi connectivity index (χ1n) is 7.99. The molecule has 25 heavy (non-hydrogen) atoms. The van der Waals surface area contributed by atoms with Gasteiger partial charge in [0.2, 0.25) is 0 Å². The zero-order valence-electron chi connectivity index (χ0n) is 13.9. The predicted molar refractivity (Wildman–Crippen MR) is 96.7 cm³/mol. The van der Waals surface area contributed by atoms with Gasteiger partial charge >= 0.3 is 0 Å². The number of hydrogen-bond donors (Lipinski definition) is 3. The topological polar surface area (TPSA) is 79.2 Å². The Hall–Kier alpha value is -2.96. The lowest BCUT2D eigenvalue weighted by molar-refractivity contribution is -0.124. The molecule has 1 aromatic heterocycles. The summed E-state index contributed by atoms with van der Waals surface area (Å²) in [5.74, 6) is 0.382. The third kappa shape index (κ3) is 4.12. The van der Waals surface area contributed by atoms with Crippen LogP contribution >= 0.6 is 0 Å². The second-order valence-corrected chi connectivity index (χ2v) is 5.73. The molecule has 0 aliphatic carbocycles. The lowest BCUT2D eigenvalue weighted by atomic mass is 10.2. The van der Waals surface area contributed by atoms with E-state index in [1.54, 1.807) is 11.6 Å². The van der Waals surface area contributed by atoms with Gasteiger partial charge in [-0.1, -0.05) is 36.4 Å². The van der Waals surface area contributed by atoms with E-state index in [1.165, 1.54) is 11.6 Å². The quantitative estimate of drug-likeness (QED) is 0.367. The number of carbonyl (C=O) groups excluding carboxylic acids is 1. The highest BCUT2D eigenvalue weighted by molar-refractivity contribution is 5.91. The van der Waals surface area contributed by atoms with E-state index in [4.69, 9.17) is 5.21 Å². The molecule has 1 heterocycles. The fraction of sp³-hybridized carbons (Fsp3) is 0.158. The van der Waals surface area contributed by atoms with E-state index in [9.17, 15) is 4.79 Å². The van der Waals surface area contributed by atoms with Gasteiger partial charge in [-0.05, 0) is 29.3 Å². The average Bonchev–Trinajstić information content (AvgIpc) is 2.96. The van der Waals surface area contributed by atoms with Gasteiger partial charge in [0, 0.05) is 19.7 Å². The minimum Gasteiger partial charge on any atom is -0.330 e. The van der Waals surface area contributed by atoms with Gasteiger partial charge in [-0.15, -0.1) is 0 Å². The summed E-state index contributed by atoms with van der Waals surface area (Å²) in [5.41, 5.74) is 5.54. The van der Waals surface area contributed by atoms with Crippen molar-refractivity contribution in [1.82, 2.24) is 20.3 Å². The molecule has 6 nitrogen and oxygen atoms in total. The zero-order valence-corrected chi connectivity index (χ0v) is 13.9. The number of fused-ring (bicyclic) bond motifs is 1. The first kappa shape index (κ1) is 16.9. The van der Waals surface area contributed by atoms with E-state index in [0.717, 1.165) is 29.0 Å². The Bertz CT molecular complexity index is 900. The fourth-order valence-corrected chi connectivity index (χ4v) is 2.65. The van der Waals surface area contributed by atoms with E-state index < -0.39 is 5.91 Å². The van der Waals surface area contributed by atoms with Gasteiger partial charge in [0.15, 0.2) is 0 Å². The minimum absolute atomic E-state index is 0.563. The SMILES string of the molecule is Cn1c(CNCc2ccccc2)nc2cc(/C=C/C(=O)NO)ccc21.